The van der Waals surface area contributed by atoms with E-state index >= 15 is 0 Å². The van der Waals surface area contributed by atoms with Crippen LogP contribution in [0, 0.1) is 0 Å². The molecular formula is C15H18N6. The molecule has 0 atom stereocenters. The number of aryl methyl sites for hydroxylation is 1. The van der Waals surface area contributed by atoms with Crippen molar-refractivity contribution < 1.29 is 0 Å². The van der Waals surface area contributed by atoms with E-state index in [-0.39, 0.29) is 0 Å². The summed E-state index contributed by atoms with van der Waals surface area (Å²) in [5.41, 5.74) is 2.28. The number of hydrogen-bond acceptors (Lipinski definition) is 4. The van der Waals surface area contributed by atoms with Gasteiger partial charge in [0.15, 0.2) is 0 Å². The predicted octanol–water partition coefficient (Wildman–Crippen LogP) is 2.15. The van der Waals surface area contributed by atoms with Gasteiger partial charge in [-0.15, -0.1) is 0 Å². The van der Waals surface area contributed by atoms with Crippen LogP contribution in [0.2, 0.25) is 0 Å². The molecule has 3 rings (SSSR count). The summed E-state index contributed by atoms with van der Waals surface area (Å²) in [5.74, 6) is 1.05. The van der Waals surface area contributed by atoms with Crippen molar-refractivity contribution in [2.45, 2.75) is 26.6 Å². The Balaban J connectivity index is 1.59. The predicted molar refractivity (Wildman–Crippen MR) is 80.8 cm³/mol. The Morgan fingerprint density at radius 2 is 2.05 bits per heavy atom. The van der Waals surface area contributed by atoms with Crippen molar-refractivity contribution in [3.8, 4) is 0 Å². The summed E-state index contributed by atoms with van der Waals surface area (Å²) in [6, 6.07) is 8.34. The molecule has 0 fully saturated rings. The topological polar surface area (TPSA) is 60.6 Å². The Morgan fingerprint density at radius 3 is 2.76 bits per heavy atom. The molecule has 2 aromatic heterocycles. The second-order valence-corrected chi connectivity index (χ2v) is 4.77. The van der Waals surface area contributed by atoms with Crippen molar-refractivity contribution in [1.82, 2.24) is 24.3 Å². The third-order valence-electron chi connectivity index (χ3n) is 3.36. The monoisotopic (exact) mass is 282 g/mol. The van der Waals surface area contributed by atoms with Gasteiger partial charge in [-0.3, -0.25) is 0 Å². The van der Waals surface area contributed by atoms with Crippen LogP contribution >= 0.6 is 0 Å². The minimum atomic E-state index is 0.725. The van der Waals surface area contributed by atoms with Crippen LogP contribution in [0.25, 0.3) is 0 Å². The first kappa shape index (κ1) is 13.4. The van der Waals surface area contributed by atoms with Crippen molar-refractivity contribution >= 4 is 5.69 Å². The average Bonchev–Trinajstić information content (AvgIpc) is 3.17. The lowest BCUT2D eigenvalue weighted by atomic mass is 10.2. The lowest BCUT2D eigenvalue weighted by Gasteiger charge is -2.09. The highest BCUT2D eigenvalue weighted by Crippen LogP contribution is 2.11. The van der Waals surface area contributed by atoms with Gasteiger partial charge in [-0.2, -0.15) is 5.10 Å². The van der Waals surface area contributed by atoms with E-state index in [9.17, 15) is 0 Å². The number of imidazole rings is 1. The molecule has 1 N–H and O–H groups in total. The van der Waals surface area contributed by atoms with Gasteiger partial charge in [0.1, 0.15) is 18.5 Å². The Kier molecular flexibility index (Phi) is 3.95. The second-order valence-electron chi connectivity index (χ2n) is 4.77. The Labute approximate surface area is 123 Å². The molecular weight excluding hydrogens is 264 g/mol. The molecule has 0 bridgehead atoms. The molecule has 0 aliphatic rings. The molecule has 0 saturated carbocycles. The smallest absolute Gasteiger partial charge is 0.137 e. The van der Waals surface area contributed by atoms with Crippen LogP contribution in [-0.2, 0) is 19.6 Å². The maximum Gasteiger partial charge on any atom is 0.137 e. The van der Waals surface area contributed by atoms with E-state index in [2.05, 4.69) is 56.1 Å². The van der Waals surface area contributed by atoms with Crippen molar-refractivity contribution in [3.05, 3.63) is 60.7 Å². The maximum atomic E-state index is 4.35. The summed E-state index contributed by atoms with van der Waals surface area (Å²) in [6.45, 7) is 4.52. The van der Waals surface area contributed by atoms with Crippen molar-refractivity contribution in [2.24, 2.45) is 0 Å². The number of rotatable bonds is 6. The number of anilines is 1. The molecule has 21 heavy (non-hydrogen) atoms. The number of benzene rings is 1. The highest BCUT2D eigenvalue weighted by atomic mass is 15.3. The van der Waals surface area contributed by atoms with Crippen LogP contribution < -0.4 is 5.32 Å². The van der Waals surface area contributed by atoms with E-state index in [4.69, 9.17) is 0 Å². The molecule has 108 valence electrons. The summed E-state index contributed by atoms with van der Waals surface area (Å²) in [4.78, 5) is 8.29. The number of hydrogen-bond donors (Lipinski definition) is 1. The number of nitrogens with one attached hydrogen (secondary N) is 1. The largest absolute Gasteiger partial charge is 0.378 e. The standard InChI is InChI=1S/C15H18N6/c1-2-20-8-7-17-15(20)9-18-14-5-3-13(4-6-14)10-21-12-16-11-19-21/h3-8,11-12,18H,2,9-10H2,1H3. The average molecular weight is 282 g/mol. The second kappa shape index (κ2) is 6.21. The molecule has 6 heteroatoms. The molecule has 0 saturated heterocycles. The van der Waals surface area contributed by atoms with Crippen LogP contribution in [-0.4, -0.2) is 24.3 Å². The van der Waals surface area contributed by atoms with Gasteiger partial charge in [0.2, 0.25) is 0 Å². The van der Waals surface area contributed by atoms with Gasteiger partial charge in [0.25, 0.3) is 0 Å². The summed E-state index contributed by atoms with van der Waals surface area (Å²) in [5, 5.41) is 7.49. The zero-order chi connectivity index (χ0) is 14.5. The van der Waals surface area contributed by atoms with E-state index in [1.165, 1.54) is 5.56 Å². The zero-order valence-corrected chi connectivity index (χ0v) is 12.0. The van der Waals surface area contributed by atoms with E-state index in [1.54, 1.807) is 17.3 Å². The molecule has 0 unspecified atom stereocenters. The van der Waals surface area contributed by atoms with Gasteiger partial charge in [-0.05, 0) is 24.6 Å². The van der Waals surface area contributed by atoms with Gasteiger partial charge in [-0.25, -0.2) is 14.6 Å². The van der Waals surface area contributed by atoms with Gasteiger partial charge in [0.05, 0.1) is 13.1 Å². The van der Waals surface area contributed by atoms with Crippen LogP contribution in [0.15, 0.2) is 49.3 Å². The van der Waals surface area contributed by atoms with Crippen LogP contribution in [0.5, 0.6) is 0 Å². The van der Waals surface area contributed by atoms with Gasteiger partial charge >= 0.3 is 0 Å². The minimum absolute atomic E-state index is 0.725. The van der Waals surface area contributed by atoms with Crippen molar-refractivity contribution in [3.63, 3.8) is 0 Å². The molecule has 1 aromatic carbocycles. The summed E-state index contributed by atoms with van der Waals surface area (Å²) in [6.07, 6.45) is 7.10. The summed E-state index contributed by atoms with van der Waals surface area (Å²) < 4.78 is 3.94. The fourth-order valence-electron chi connectivity index (χ4n) is 2.21. The van der Waals surface area contributed by atoms with E-state index in [0.29, 0.717) is 0 Å². The zero-order valence-electron chi connectivity index (χ0n) is 12.0. The van der Waals surface area contributed by atoms with Crippen molar-refractivity contribution in [2.75, 3.05) is 5.32 Å². The first-order valence-electron chi connectivity index (χ1n) is 7.00. The van der Waals surface area contributed by atoms with Crippen LogP contribution in [0.1, 0.15) is 18.3 Å². The molecule has 0 amide bonds. The quantitative estimate of drug-likeness (QED) is 0.752. The molecule has 3 aromatic rings. The molecule has 2 heterocycles. The lowest BCUT2D eigenvalue weighted by molar-refractivity contribution is 0.685. The van der Waals surface area contributed by atoms with E-state index in [1.807, 2.05) is 12.4 Å². The Hall–Kier alpha value is -2.63. The molecule has 0 aliphatic heterocycles. The fraction of sp³-hybridized carbons (Fsp3) is 0.267. The van der Waals surface area contributed by atoms with Gasteiger partial charge in [-0.1, -0.05) is 12.1 Å². The molecule has 0 aliphatic carbocycles. The number of aromatic nitrogens is 5. The summed E-state index contributed by atoms with van der Waals surface area (Å²) >= 11 is 0. The maximum absolute atomic E-state index is 4.35. The number of nitrogens with zero attached hydrogens (tertiary/aromatic N) is 5. The minimum Gasteiger partial charge on any atom is -0.378 e. The van der Waals surface area contributed by atoms with Crippen LogP contribution in [0.3, 0.4) is 0 Å². The first-order valence-corrected chi connectivity index (χ1v) is 7.00. The Morgan fingerprint density at radius 1 is 1.19 bits per heavy atom. The van der Waals surface area contributed by atoms with E-state index < -0.39 is 0 Å². The Bertz CT molecular complexity index is 669. The lowest BCUT2D eigenvalue weighted by Crippen LogP contribution is -2.07. The van der Waals surface area contributed by atoms with E-state index in [0.717, 1.165) is 31.1 Å². The van der Waals surface area contributed by atoms with Crippen molar-refractivity contribution in [1.29, 1.82) is 0 Å². The van der Waals surface area contributed by atoms with Gasteiger partial charge < -0.3 is 9.88 Å². The van der Waals surface area contributed by atoms with Gasteiger partial charge in [0, 0.05) is 24.6 Å². The molecule has 6 nitrogen and oxygen atoms in total. The normalized spacial score (nSPS) is 10.7. The third kappa shape index (κ3) is 3.28. The molecule has 0 radical (unpaired) electrons. The fourth-order valence-corrected chi connectivity index (χ4v) is 2.21. The van der Waals surface area contributed by atoms with Crippen LogP contribution in [0.4, 0.5) is 5.69 Å². The third-order valence-corrected chi connectivity index (χ3v) is 3.36. The molecule has 0 spiro atoms. The SMILES string of the molecule is CCn1ccnc1CNc1ccc(Cn2cncn2)cc1. The summed E-state index contributed by atoms with van der Waals surface area (Å²) in [7, 11) is 0. The highest BCUT2D eigenvalue weighted by Gasteiger charge is 2.01. The first-order chi connectivity index (χ1) is 10.3. The highest BCUT2D eigenvalue weighted by molar-refractivity contribution is 5.44.